The van der Waals surface area contributed by atoms with Crippen molar-refractivity contribution in [1.82, 2.24) is 20.2 Å². The number of piperidine rings is 1. The molecule has 2 bridgehead atoms. The lowest BCUT2D eigenvalue weighted by Crippen LogP contribution is -2.34. The third-order valence-electron chi connectivity index (χ3n) is 4.20. The third-order valence-corrected chi connectivity index (χ3v) is 4.20. The lowest BCUT2D eigenvalue weighted by molar-refractivity contribution is -0.140. The minimum atomic E-state index is -0.142. The van der Waals surface area contributed by atoms with Crippen LogP contribution in [-0.2, 0) is 11.4 Å². The van der Waals surface area contributed by atoms with Gasteiger partial charge in [-0.25, -0.2) is 4.79 Å². The lowest BCUT2D eigenvalue weighted by Gasteiger charge is -2.27. The zero-order valence-electron chi connectivity index (χ0n) is 12.0. The van der Waals surface area contributed by atoms with Crippen LogP contribution in [0.4, 0.5) is 4.79 Å². The molecule has 2 fully saturated rings. The Labute approximate surface area is 127 Å². The van der Waals surface area contributed by atoms with Gasteiger partial charge in [-0.15, -0.1) is 10.2 Å². The van der Waals surface area contributed by atoms with E-state index in [0.29, 0.717) is 19.0 Å². The highest BCUT2D eigenvalue weighted by atomic mass is 16.7. The standard InChI is InChI=1S/C15H16N4O3/c20-15-18-8-12(6-7-13(18)14-17-16-10-21-14)19(15)22-9-11-4-2-1-3-5-11/h1-5,10,12-13H,6-9H2/t12-,13-/m1/s1. The predicted molar refractivity (Wildman–Crippen MR) is 75.2 cm³/mol. The maximum Gasteiger partial charge on any atom is 0.345 e. The maximum atomic E-state index is 12.6. The van der Waals surface area contributed by atoms with E-state index in [1.807, 2.05) is 30.3 Å². The molecule has 0 saturated carbocycles. The first-order valence-electron chi connectivity index (χ1n) is 7.35. The van der Waals surface area contributed by atoms with Gasteiger partial charge < -0.3 is 9.32 Å². The van der Waals surface area contributed by atoms with Gasteiger partial charge in [0.25, 0.3) is 0 Å². The first kappa shape index (κ1) is 13.3. The first-order chi connectivity index (χ1) is 10.8. The number of carbonyl (C=O) groups excluding carboxylic acids is 1. The third kappa shape index (κ3) is 2.23. The summed E-state index contributed by atoms with van der Waals surface area (Å²) in [7, 11) is 0. The molecule has 2 atom stereocenters. The molecule has 2 aliphatic rings. The number of fused-ring (bicyclic) bond motifs is 2. The van der Waals surface area contributed by atoms with E-state index in [4.69, 9.17) is 9.25 Å². The molecular formula is C15H16N4O3. The van der Waals surface area contributed by atoms with E-state index in [-0.39, 0.29) is 18.1 Å². The fraction of sp³-hybridized carbons (Fsp3) is 0.400. The lowest BCUT2D eigenvalue weighted by atomic mass is 10.0. The number of hydrogen-bond donors (Lipinski definition) is 0. The molecular weight excluding hydrogens is 284 g/mol. The van der Waals surface area contributed by atoms with Crippen molar-refractivity contribution in [1.29, 1.82) is 0 Å². The first-order valence-corrected chi connectivity index (χ1v) is 7.35. The van der Waals surface area contributed by atoms with E-state index in [0.717, 1.165) is 18.4 Å². The van der Waals surface area contributed by atoms with E-state index in [2.05, 4.69) is 10.2 Å². The van der Waals surface area contributed by atoms with Gasteiger partial charge in [-0.3, -0.25) is 4.84 Å². The second kappa shape index (κ2) is 5.42. The van der Waals surface area contributed by atoms with Crippen molar-refractivity contribution in [2.45, 2.75) is 31.5 Å². The molecule has 7 heteroatoms. The van der Waals surface area contributed by atoms with Gasteiger partial charge >= 0.3 is 6.03 Å². The predicted octanol–water partition coefficient (Wildman–Crippen LogP) is 2.14. The van der Waals surface area contributed by atoms with E-state index >= 15 is 0 Å². The molecule has 2 amide bonds. The number of hydroxylamine groups is 2. The van der Waals surface area contributed by atoms with Crippen LogP contribution >= 0.6 is 0 Å². The second-order valence-corrected chi connectivity index (χ2v) is 5.54. The van der Waals surface area contributed by atoms with Crippen LogP contribution in [0.2, 0.25) is 0 Å². The van der Waals surface area contributed by atoms with Crippen LogP contribution < -0.4 is 0 Å². The molecule has 114 valence electrons. The summed E-state index contributed by atoms with van der Waals surface area (Å²) in [5.41, 5.74) is 1.04. The van der Waals surface area contributed by atoms with Gasteiger partial charge in [-0.2, -0.15) is 5.06 Å². The van der Waals surface area contributed by atoms with Crippen molar-refractivity contribution < 1.29 is 14.0 Å². The Morgan fingerprint density at radius 2 is 2.14 bits per heavy atom. The van der Waals surface area contributed by atoms with Crippen LogP contribution in [0.25, 0.3) is 0 Å². The van der Waals surface area contributed by atoms with Gasteiger partial charge in [0.1, 0.15) is 12.6 Å². The fourth-order valence-electron chi connectivity index (χ4n) is 3.10. The summed E-state index contributed by atoms with van der Waals surface area (Å²) >= 11 is 0. The van der Waals surface area contributed by atoms with E-state index in [1.165, 1.54) is 11.5 Å². The van der Waals surface area contributed by atoms with Crippen molar-refractivity contribution in [2.75, 3.05) is 6.54 Å². The Morgan fingerprint density at radius 3 is 2.91 bits per heavy atom. The summed E-state index contributed by atoms with van der Waals surface area (Å²) in [6.45, 7) is 1.03. The fourth-order valence-corrected chi connectivity index (χ4v) is 3.10. The van der Waals surface area contributed by atoms with E-state index < -0.39 is 0 Å². The van der Waals surface area contributed by atoms with Gasteiger partial charge in [0.2, 0.25) is 12.3 Å². The minimum Gasteiger partial charge on any atom is -0.426 e. The number of amides is 2. The molecule has 1 aromatic carbocycles. The summed E-state index contributed by atoms with van der Waals surface area (Å²) < 4.78 is 5.26. The molecule has 0 aliphatic carbocycles. The molecule has 7 nitrogen and oxygen atoms in total. The number of hydrogen-bond acceptors (Lipinski definition) is 5. The van der Waals surface area contributed by atoms with Crippen LogP contribution in [-0.4, -0.2) is 38.8 Å². The van der Waals surface area contributed by atoms with Crippen LogP contribution in [0.5, 0.6) is 0 Å². The number of benzene rings is 1. The Balaban J connectivity index is 1.46. The zero-order valence-corrected chi connectivity index (χ0v) is 12.0. The van der Waals surface area contributed by atoms with Crippen LogP contribution in [0, 0.1) is 0 Å². The van der Waals surface area contributed by atoms with E-state index in [9.17, 15) is 4.79 Å². The summed E-state index contributed by atoms with van der Waals surface area (Å²) in [5, 5.41) is 9.14. The number of carbonyl (C=O) groups is 1. The Morgan fingerprint density at radius 1 is 1.27 bits per heavy atom. The van der Waals surface area contributed by atoms with Crippen LogP contribution in [0.3, 0.4) is 0 Å². The zero-order chi connectivity index (χ0) is 14.9. The van der Waals surface area contributed by atoms with Gasteiger partial charge in [0, 0.05) is 6.54 Å². The summed E-state index contributed by atoms with van der Waals surface area (Å²) in [6, 6.07) is 9.66. The molecule has 4 rings (SSSR count). The number of nitrogens with zero attached hydrogens (tertiary/aromatic N) is 4. The monoisotopic (exact) mass is 300 g/mol. The number of aromatic nitrogens is 2. The highest BCUT2D eigenvalue weighted by Gasteiger charge is 2.47. The Bertz CT molecular complexity index is 646. The average Bonchev–Trinajstić information content (AvgIpc) is 3.17. The van der Waals surface area contributed by atoms with E-state index in [1.54, 1.807) is 4.90 Å². The second-order valence-electron chi connectivity index (χ2n) is 5.54. The van der Waals surface area contributed by atoms with Gasteiger partial charge in [0.05, 0.1) is 6.04 Å². The summed E-state index contributed by atoms with van der Waals surface area (Å²) in [5.74, 6) is 0.497. The molecule has 1 aromatic heterocycles. The topological polar surface area (TPSA) is 71.7 Å². The highest BCUT2D eigenvalue weighted by Crippen LogP contribution is 2.37. The van der Waals surface area contributed by atoms with Crippen molar-refractivity contribution in [3.63, 3.8) is 0 Å². The molecule has 0 spiro atoms. The summed E-state index contributed by atoms with van der Waals surface area (Å²) in [6.07, 6.45) is 2.97. The summed E-state index contributed by atoms with van der Waals surface area (Å²) in [4.78, 5) is 20.1. The van der Waals surface area contributed by atoms with Crippen molar-refractivity contribution in [2.24, 2.45) is 0 Å². The number of urea groups is 1. The average molecular weight is 300 g/mol. The Kier molecular flexibility index (Phi) is 3.27. The van der Waals surface area contributed by atoms with Crippen molar-refractivity contribution >= 4 is 6.03 Å². The van der Waals surface area contributed by atoms with Gasteiger partial charge in [-0.05, 0) is 18.4 Å². The molecule has 22 heavy (non-hydrogen) atoms. The molecule has 0 unspecified atom stereocenters. The quantitative estimate of drug-likeness (QED) is 0.865. The molecule has 2 aromatic rings. The Hall–Kier alpha value is -2.41. The minimum absolute atomic E-state index is 0.0929. The highest BCUT2D eigenvalue weighted by molar-refractivity contribution is 5.77. The smallest absolute Gasteiger partial charge is 0.345 e. The maximum absolute atomic E-state index is 12.6. The molecule has 2 aliphatic heterocycles. The van der Waals surface area contributed by atoms with Crippen LogP contribution in [0.1, 0.15) is 30.3 Å². The van der Waals surface area contributed by atoms with Crippen molar-refractivity contribution in [3.05, 3.63) is 48.2 Å². The molecule has 2 saturated heterocycles. The van der Waals surface area contributed by atoms with Crippen LogP contribution in [0.15, 0.2) is 41.1 Å². The normalized spacial score (nSPS) is 24.1. The molecule has 3 heterocycles. The largest absolute Gasteiger partial charge is 0.426 e. The molecule has 0 N–H and O–H groups in total. The van der Waals surface area contributed by atoms with Gasteiger partial charge in [-0.1, -0.05) is 30.3 Å². The van der Waals surface area contributed by atoms with Gasteiger partial charge in [0.15, 0.2) is 0 Å². The molecule has 0 radical (unpaired) electrons. The number of rotatable bonds is 4. The SMILES string of the molecule is O=C1N2C[C@@H](CC[C@@H]2c2nnco2)N1OCc1ccccc1. The van der Waals surface area contributed by atoms with Crippen molar-refractivity contribution in [3.8, 4) is 0 Å².